The van der Waals surface area contributed by atoms with Gasteiger partial charge in [-0.3, -0.25) is 0 Å². The van der Waals surface area contributed by atoms with Crippen LogP contribution in [0.15, 0.2) is 62.9 Å². The number of benzene rings is 2. The summed E-state index contributed by atoms with van der Waals surface area (Å²) in [6, 6.07) is 15.0. The number of rotatable bonds is 6. The molecule has 0 aliphatic carbocycles. The number of para-hydroxylation sites is 2. The molecule has 0 unspecified atom stereocenters. The van der Waals surface area contributed by atoms with Crippen molar-refractivity contribution in [3.05, 3.63) is 70.1 Å². The van der Waals surface area contributed by atoms with Crippen molar-refractivity contribution < 1.29 is 9.15 Å². The van der Waals surface area contributed by atoms with Gasteiger partial charge in [-0.05, 0) is 53.6 Å². The standard InChI is InChI=1S/C20H18N4O3S/c1-3-26-17-7-5-4-6-16(17)24-20(21-22-23-24)28-12-14-11-19(25)27-18-10-13(2)8-9-15(14)18/h4-11H,3,12H2,1-2H3. The third-order valence-corrected chi connectivity index (χ3v) is 5.14. The van der Waals surface area contributed by atoms with Crippen LogP contribution in [0.2, 0.25) is 0 Å². The predicted molar refractivity (Wildman–Crippen MR) is 107 cm³/mol. The van der Waals surface area contributed by atoms with Gasteiger partial charge < -0.3 is 9.15 Å². The molecular formula is C20H18N4O3S. The summed E-state index contributed by atoms with van der Waals surface area (Å²) < 4.78 is 12.7. The molecule has 8 heteroatoms. The van der Waals surface area contributed by atoms with Gasteiger partial charge in [0.25, 0.3) is 0 Å². The van der Waals surface area contributed by atoms with Gasteiger partial charge in [0.05, 0.1) is 6.61 Å². The average Bonchev–Trinajstić information content (AvgIpc) is 3.14. The quantitative estimate of drug-likeness (QED) is 0.364. The number of ether oxygens (including phenoxy) is 1. The van der Waals surface area contributed by atoms with Crippen molar-refractivity contribution in [2.75, 3.05) is 6.61 Å². The Morgan fingerprint density at radius 2 is 2.04 bits per heavy atom. The highest BCUT2D eigenvalue weighted by atomic mass is 32.2. The Bertz CT molecular complexity index is 1190. The molecule has 0 aliphatic rings. The zero-order chi connectivity index (χ0) is 19.5. The van der Waals surface area contributed by atoms with E-state index in [0.717, 1.165) is 22.2 Å². The van der Waals surface area contributed by atoms with Gasteiger partial charge >= 0.3 is 5.63 Å². The summed E-state index contributed by atoms with van der Waals surface area (Å²) in [7, 11) is 0. The first-order chi connectivity index (χ1) is 13.7. The highest BCUT2D eigenvalue weighted by Crippen LogP contribution is 2.29. The second-order valence-corrected chi connectivity index (χ2v) is 7.10. The van der Waals surface area contributed by atoms with Crippen LogP contribution in [0, 0.1) is 6.92 Å². The second-order valence-electron chi connectivity index (χ2n) is 6.15. The third-order valence-electron chi connectivity index (χ3n) is 4.18. The molecule has 0 aliphatic heterocycles. The predicted octanol–water partition coefficient (Wildman–Crippen LogP) is 3.77. The third kappa shape index (κ3) is 3.63. The molecule has 0 amide bonds. The molecule has 0 saturated heterocycles. The molecule has 0 radical (unpaired) electrons. The van der Waals surface area contributed by atoms with E-state index < -0.39 is 0 Å². The van der Waals surface area contributed by atoms with E-state index >= 15 is 0 Å². The zero-order valence-electron chi connectivity index (χ0n) is 15.5. The van der Waals surface area contributed by atoms with E-state index in [4.69, 9.17) is 9.15 Å². The second kappa shape index (κ2) is 7.85. The first-order valence-corrected chi connectivity index (χ1v) is 9.81. The normalized spacial score (nSPS) is 11.1. The Balaban J connectivity index is 1.66. The molecule has 0 N–H and O–H groups in total. The first-order valence-electron chi connectivity index (χ1n) is 8.82. The van der Waals surface area contributed by atoms with Crippen LogP contribution >= 0.6 is 11.8 Å². The molecule has 0 saturated carbocycles. The van der Waals surface area contributed by atoms with Crippen molar-refractivity contribution >= 4 is 22.7 Å². The van der Waals surface area contributed by atoms with Crippen molar-refractivity contribution in [2.45, 2.75) is 24.8 Å². The molecule has 142 valence electrons. The van der Waals surface area contributed by atoms with Gasteiger partial charge in [-0.15, -0.1) is 5.10 Å². The van der Waals surface area contributed by atoms with E-state index in [1.807, 2.05) is 56.3 Å². The summed E-state index contributed by atoms with van der Waals surface area (Å²) in [5.74, 6) is 1.24. The van der Waals surface area contributed by atoms with Crippen molar-refractivity contribution in [1.82, 2.24) is 20.2 Å². The Morgan fingerprint density at radius 1 is 1.18 bits per heavy atom. The molecule has 28 heavy (non-hydrogen) atoms. The van der Waals surface area contributed by atoms with Crippen LogP contribution in [0.1, 0.15) is 18.1 Å². The van der Waals surface area contributed by atoms with E-state index in [-0.39, 0.29) is 5.63 Å². The minimum absolute atomic E-state index is 0.366. The summed E-state index contributed by atoms with van der Waals surface area (Å²) in [5.41, 5.74) is 2.91. The van der Waals surface area contributed by atoms with Crippen LogP contribution in [0.3, 0.4) is 0 Å². The van der Waals surface area contributed by atoms with Crippen LogP contribution in [0.4, 0.5) is 0 Å². The first kappa shape index (κ1) is 18.2. The Morgan fingerprint density at radius 3 is 2.89 bits per heavy atom. The van der Waals surface area contributed by atoms with E-state index in [9.17, 15) is 4.79 Å². The maximum absolute atomic E-state index is 11.9. The summed E-state index contributed by atoms with van der Waals surface area (Å²) in [6.45, 7) is 4.44. The van der Waals surface area contributed by atoms with Gasteiger partial charge in [0.15, 0.2) is 0 Å². The topological polar surface area (TPSA) is 83.0 Å². The Kier molecular flexibility index (Phi) is 5.12. The van der Waals surface area contributed by atoms with Crippen molar-refractivity contribution in [3.8, 4) is 11.4 Å². The fraction of sp³-hybridized carbons (Fsp3) is 0.200. The minimum Gasteiger partial charge on any atom is -0.492 e. The smallest absolute Gasteiger partial charge is 0.336 e. The van der Waals surface area contributed by atoms with E-state index in [0.29, 0.717) is 28.8 Å². The lowest BCUT2D eigenvalue weighted by Crippen LogP contribution is -2.04. The lowest BCUT2D eigenvalue weighted by atomic mass is 10.1. The van der Waals surface area contributed by atoms with Gasteiger partial charge in [0.1, 0.15) is 17.0 Å². The van der Waals surface area contributed by atoms with Gasteiger partial charge in [-0.25, -0.2) is 4.79 Å². The number of thioether (sulfide) groups is 1. The van der Waals surface area contributed by atoms with Gasteiger partial charge in [-0.2, -0.15) is 4.68 Å². The number of hydrogen-bond donors (Lipinski definition) is 0. The highest BCUT2D eigenvalue weighted by Gasteiger charge is 2.14. The lowest BCUT2D eigenvalue weighted by molar-refractivity contribution is 0.337. The molecule has 2 heterocycles. The maximum Gasteiger partial charge on any atom is 0.336 e. The van der Waals surface area contributed by atoms with E-state index in [1.165, 1.54) is 17.8 Å². The summed E-state index contributed by atoms with van der Waals surface area (Å²) >= 11 is 1.45. The van der Waals surface area contributed by atoms with Gasteiger partial charge in [-0.1, -0.05) is 36.0 Å². The van der Waals surface area contributed by atoms with Gasteiger partial charge in [0.2, 0.25) is 5.16 Å². The fourth-order valence-electron chi connectivity index (χ4n) is 2.93. The minimum atomic E-state index is -0.366. The van der Waals surface area contributed by atoms with Crippen LogP contribution in [0.5, 0.6) is 5.75 Å². The van der Waals surface area contributed by atoms with Crippen molar-refractivity contribution in [1.29, 1.82) is 0 Å². The molecule has 0 spiro atoms. The van der Waals surface area contributed by atoms with Crippen molar-refractivity contribution in [3.63, 3.8) is 0 Å². The van der Waals surface area contributed by atoms with Crippen LogP contribution in [-0.4, -0.2) is 26.8 Å². The molecule has 2 aromatic carbocycles. The summed E-state index contributed by atoms with van der Waals surface area (Å²) in [4.78, 5) is 11.9. The largest absolute Gasteiger partial charge is 0.492 e. The Hall–Kier alpha value is -3.13. The summed E-state index contributed by atoms with van der Waals surface area (Å²) in [6.07, 6.45) is 0. The number of aromatic nitrogens is 4. The Labute approximate surface area is 165 Å². The molecule has 0 bridgehead atoms. The number of aryl methyl sites for hydroxylation is 1. The van der Waals surface area contributed by atoms with E-state index in [1.54, 1.807) is 4.68 Å². The van der Waals surface area contributed by atoms with Crippen LogP contribution in [0.25, 0.3) is 16.7 Å². The van der Waals surface area contributed by atoms with E-state index in [2.05, 4.69) is 15.5 Å². The molecule has 0 atom stereocenters. The lowest BCUT2D eigenvalue weighted by Gasteiger charge is -2.10. The SMILES string of the molecule is CCOc1ccccc1-n1nnnc1SCc1cc(=O)oc2cc(C)ccc12. The number of tetrazole rings is 1. The molecule has 4 rings (SSSR count). The fourth-order valence-corrected chi connectivity index (χ4v) is 3.80. The average molecular weight is 394 g/mol. The monoisotopic (exact) mass is 394 g/mol. The molecule has 7 nitrogen and oxygen atoms in total. The number of hydrogen-bond acceptors (Lipinski definition) is 7. The molecule has 0 fully saturated rings. The zero-order valence-corrected chi connectivity index (χ0v) is 16.3. The maximum atomic E-state index is 11.9. The van der Waals surface area contributed by atoms with Crippen molar-refractivity contribution in [2.24, 2.45) is 0 Å². The van der Waals surface area contributed by atoms with Crippen LogP contribution < -0.4 is 10.4 Å². The number of fused-ring (bicyclic) bond motifs is 1. The number of nitrogens with zero attached hydrogens (tertiary/aromatic N) is 4. The summed E-state index contributed by atoms with van der Waals surface area (Å²) in [5, 5.41) is 13.6. The van der Waals surface area contributed by atoms with Crippen LogP contribution in [-0.2, 0) is 5.75 Å². The molecule has 2 aromatic heterocycles. The molecular weight excluding hydrogens is 376 g/mol. The van der Waals surface area contributed by atoms with Gasteiger partial charge in [0, 0.05) is 17.2 Å². The molecule has 4 aromatic rings. The highest BCUT2D eigenvalue weighted by molar-refractivity contribution is 7.98.